The van der Waals surface area contributed by atoms with Gasteiger partial charge in [0.2, 0.25) is 5.91 Å². The van der Waals surface area contributed by atoms with Gasteiger partial charge in [0.05, 0.1) is 39.9 Å². The van der Waals surface area contributed by atoms with Crippen molar-refractivity contribution in [3.8, 4) is 0 Å². The van der Waals surface area contributed by atoms with Crippen LogP contribution >= 0.6 is 7.82 Å². The van der Waals surface area contributed by atoms with E-state index in [-0.39, 0.29) is 12.5 Å². The van der Waals surface area contributed by atoms with Crippen molar-refractivity contribution in [1.82, 2.24) is 5.32 Å². The average molecular weight is 1080 g/mol. The predicted octanol–water partition coefficient (Wildman–Crippen LogP) is 18.2. The molecule has 2 N–H and O–H groups in total. The minimum Gasteiger partial charge on any atom is -0.756 e. The van der Waals surface area contributed by atoms with E-state index in [9.17, 15) is 19.4 Å². The molecule has 0 aromatic carbocycles. The number of carbonyl (C=O) groups excluding carboxylic acids is 1. The van der Waals surface area contributed by atoms with E-state index in [0.29, 0.717) is 23.9 Å². The summed E-state index contributed by atoms with van der Waals surface area (Å²) >= 11 is 0. The molecular weight excluding hydrogens is 972 g/mol. The van der Waals surface area contributed by atoms with E-state index in [0.717, 1.165) is 135 Å². The van der Waals surface area contributed by atoms with Crippen LogP contribution in [0.1, 0.15) is 200 Å². The van der Waals surface area contributed by atoms with Gasteiger partial charge in [0, 0.05) is 6.42 Å². The summed E-state index contributed by atoms with van der Waals surface area (Å²) in [5.41, 5.74) is 0. The summed E-state index contributed by atoms with van der Waals surface area (Å²) in [6.45, 7) is 4.45. The molecule has 0 aliphatic carbocycles. The number of allylic oxidation sites excluding steroid dienone is 27. The highest BCUT2D eigenvalue weighted by Crippen LogP contribution is 2.38. The topological polar surface area (TPSA) is 108 Å². The van der Waals surface area contributed by atoms with Gasteiger partial charge in [0.1, 0.15) is 13.2 Å². The number of nitrogens with one attached hydrogen (secondary N) is 1. The predicted molar refractivity (Wildman–Crippen MR) is 334 cm³/mol. The average Bonchev–Trinajstić information content (AvgIpc) is 3.39. The molecule has 0 heterocycles. The molecule has 434 valence electrons. The van der Waals surface area contributed by atoms with Gasteiger partial charge in [-0.15, -0.1) is 0 Å². The van der Waals surface area contributed by atoms with Crippen molar-refractivity contribution in [3.63, 3.8) is 0 Å². The molecular formula is C68H111N2O6P. The number of aliphatic hydroxyl groups excluding tert-OH is 1. The zero-order valence-electron chi connectivity index (χ0n) is 49.3. The molecule has 0 aromatic rings. The van der Waals surface area contributed by atoms with Gasteiger partial charge in [-0.1, -0.05) is 235 Å². The van der Waals surface area contributed by atoms with Crippen LogP contribution in [-0.2, 0) is 18.4 Å². The van der Waals surface area contributed by atoms with Crippen molar-refractivity contribution in [2.45, 2.75) is 212 Å². The van der Waals surface area contributed by atoms with Crippen LogP contribution in [0.25, 0.3) is 0 Å². The van der Waals surface area contributed by atoms with Crippen LogP contribution in [0.2, 0.25) is 0 Å². The van der Waals surface area contributed by atoms with Crippen molar-refractivity contribution >= 4 is 13.7 Å². The number of nitrogens with zero attached hydrogens (tertiary/aromatic N) is 1. The summed E-state index contributed by atoms with van der Waals surface area (Å²) < 4.78 is 23.3. The maximum Gasteiger partial charge on any atom is 0.268 e. The van der Waals surface area contributed by atoms with Crippen LogP contribution in [0.15, 0.2) is 170 Å². The monoisotopic (exact) mass is 1080 g/mol. The molecule has 0 aliphatic rings. The fraction of sp³-hybridized carbons (Fsp3) is 0.574. The summed E-state index contributed by atoms with van der Waals surface area (Å²) in [7, 11) is 1.19. The highest BCUT2D eigenvalue weighted by molar-refractivity contribution is 7.45. The van der Waals surface area contributed by atoms with Gasteiger partial charge in [0.25, 0.3) is 7.82 Å². The standard InChI is InChI=1S/C68H111N2O6P/c1-6-8-10-12-14-16-18-20-22-24-25-26-27-28-29-30-31-32-33-34-35-36-37-38-39-40-41-42-43-44-45-46-48-50-52-54-56-58-60-62-68(72)69-66(65-76-77(73,74)75-64-63-70(3,4)5)67(71)61-59-57-55-53-51-49-47-23-21-19-17-15-13-11-9-7-2/h8,10,14,16,20-23,25-26,28-29,31-32,34-35,37-38,40-41,43-44,46,48,51,53,59,61,66-67,71H,6-7,9,11-13,15,17-19,24,27,30,33,36,39,42,45,47,49-50,52,54-58,60,62-65H2,1-5H3,(H-,69,72,73,74)/b10-8-,16-14-,22-20-,23-21+,26-25-,29-28-,32-31-,35-34-,38-37-,41-40-,44-43-,48-46-,53-51+,61-59+. The second-order valence-electron chi connectivity index (χ2n) is 20.6. The number of amides is 1. The number of quaternary nitrogens is 1. The first kappa shape index (κ1) is 72.9. The Morgan fingerprint density at radius 2 is 0.805 bits per heavy atom. The number of phosphoric ester groups is 1. The quantitative estimate of drug-likeness (QED) is 0.0272. The molecule has 0 saturated heterocycles. The normalized spacial score (nSPS) is 15.1. The molecule has 3 atom stereocenters. The van der Waals surface area contributed by atoms with E-state index in [4.69, 9.17) is 9.05 Å². The molecule has 1 amide bonds. The molecule has 0 rings (SSSR count). The lowest BCUT2D eigenvalue weighted by molar-refractivity contribution is -0.870. The van der Waals surface area contributed by atoms with Crippen molar-refractivity contribution in [2.24, 2.45) is 0 Å². The summed E-state index contributed by atoms with van der Waals surface area (Å²) in [6.07, 6.45) is 90.1. The fourth-order valence-corrected chi connectivity index (χ4v) is 8.20. The second-order valence-corrected chi connectivity index (χ2v) is 22.0. The molecule has 8 nitrogen and oxygen atoms in total. The minimum atomic E-state index is -4.63. The van der Waals surface area contributed by atoms with E-state index in [1.54, 1.807) is 6.08 Å². The molecule has 0 spiro atoms. The zero-order chi connectivity index (χ0) is 56.3. The van der Waals surface area contributed by atoms with Crippen molar-refractivity contribution in [3.05, 3.63) is 170 Å². The summed E-state index contributed by atoms with van der Waals surface area (Å²) in [5.74, 6) is -0.239. The van der Waals surface area contributed by atoms with Gasteiger partial charge < -0.3 is 28.8 Å². The zero-order valence-corrected chi connectivity index (χ0v) is 50.2. The summed E-state index contributed by atoms with van der Waals surface area (Å²) in [4.78, 5) is 25.5. The number of unbranched alkanes of at least 4 members (excludes halogenated alkanes) is 13. The van der Waals surface area contributed by atoms with Gasteiger partial charge in [-0.2, -0.15) is 0 Å². The Morgan fingerprint density at radius 3 is 1.21 bits per heavy atom. The number of likely N-dealkylation sites (N-methyl/N-ethyl adjacent to an activating group) is 1. The van der Waals surface area contributed by atoms with Gasteiger partial charge >= 0.3 is 0 Å². The molecule has 77 heavy (non-hydrogen) atoms. The lowest BCUT2D eigenvalue weighted by Gasteiger charge is -2.29. The number of aliphatic hydroxyl groups is 1. The molecule has 0 fully saturated rings. The maximum absolute atomic E-state index is 13.0. The number of phosphoric acid groups is 1. The first-order valence-corrected chi connectivity index (χ1v) is 31.5. The molecule has 0 radical (unpaired) electrons. The summed E-state index contributed by atoms with van der Waals surface area (Å²) in [6, 6.07) is -0.933. The van der Waals surface area contributed by atoms with E-state index in [2.05, 4.69) is 177 Å². The van der Waals surface area contributed by atoms with Crippen LogP contribution in [0, 0.1) is 0 Å². The van der Waals surface area contributed by atoms with Crippen LogP contribution < -0.4 is 10.2 Å². The maximum atomic E-state index is 13.0. The van der Waals surface area contributed by atoms with Gasteiger partial charge in [-0.3, -0.25) is 9.36 Å². The van der Waals surface area contributed by atoms with Crippen LogP contribution in [-0.4, -0.2) is 68.5 Å². The third-order valence-electron chi connectivity index (χ3n) is 12.1. The van der Waals surface area contributed by atoms with E-state index < -0.39 is 26.6 Å². The third-order valence-corrected chi connectivity index (χ3v) is 13.1. The number of hydrogen-bond donors (Lipinski definition) is 2. The lowest BCUT2D eigenvalue weighted by atomic mass is 10.1. The molecule has 0 saturated carbocycles. The molecule has 3 unspecified atom stereocenters. The molecule has 0 bridgehead atoms. The molecule has 0 aromatic heterocycles. The van der Waals surface area contributed by atoms with E-state index >= 15 is 0 Å². The number of rotatable bonds is 52. The Kier molecular flexibility index (Phi) is 53.5. The highest BCUT2D eigenvalue weighted by atomic mass is 31.2. The minimum absolute atomic E-state index is 0.0226. The smallest absolute Gasteiger partial charge is 0.268 e. The first-order valence-electron chi connectivity index (χ1n) is 30.0. The second kappa shape index (κ2) is 56.6. The van der Waals surface area contributed by atoms with Gasteiger partial charge in [0.15, 0.2) is 0 Å². The number of hydrogen-bond acceptors (Lipinski definition) is 6. The van der Waals surface area contributed by atoms with Gasteiger partial charge in [-0.05, 0) is 128 Å². The Morgan fingerprint density at radius 1 is 0.468 bits per heavy atom. The van der Waals surface area contributed by atoms with Gasteiger partial charge in [-0.25, -0.2) is 0 Å². The Labute approximate surface area is 473 Å². The first-order chi connectivity index (χ1) is 37.5. The van der Waals surface area contributed by atoms with E-state index in [1.165, 1.54) is 38.5 Å². The Hall–Kier alpha value is -4.14. The van der Waals surface area contributed by atoms with E-state index in [1.807, 2.05) is 27.2 Å². The van der Waals surface area contributed by atoms with Crippen LogP contribution in [0.4, 0.5) is 0 Å². The summed E-state index contributed by atoms with van der Waals surface area (Å²) in [5, 5.41) is 13.8. The number of carbonyl (C=O) groups is 1. The van der Waals surface area contributed by atoms with Crippen molar-refractivity contribution in [2.75, 3.05) is 40.9 Å². The third kappa shape index (κ3) is 59.4. The fourth-order valence-electron chi connectivity index (χ4n) is 7.48. The Balaban J connectivity index is 4.27. The van der Waals surface area contributed by atoms with Crippen molar-refractivity contribution < 1.29 is 32.9 Å². The lowest BCUT2D eigenvalue weighted by Crippen LogP contribution is -2.45. The Bertz CT molecular complexity index is 1850. The van der Waals surface area contributed by atoms with Crippen LogP contribution in [0.5, 0.6) is 0 Å². The van der Waals surface area contributed by atoms with Crippen molar-refractivity contribution in [1.29, 1.82) is 0 Å². The largest absolute Gasteiger partial charge is 0.756 e. The highest BCUT2D eigenvalue weighted by Gasteiger charge is 2.23. The molecule has 0 aliphatic heterocycles. The van der Waals surface area contributed by atoms with Crippen LogP contribution in [0.3, 0.4) is 0 Å². The molecule has 9 heteroatoms. The SMILES string of the molecule is CC/C=C\C/C=C\C/C=C\C/C=C\C/C=C\C/C=C\C/C=C\C/C=C\C/C=C\C/C=C\C/C=C\CCCCCCCC(=O)NC(COP(=O)([O-])OCC[N+](C)(C)C)C(O)/C=C/CC/C=C/CC/C=C/CCCCCCCC.